The van der Waals surface area contributed by atoms with Crippen molar-refractivity contribution in [1.82, 2.24) is 0 Å². The van der Waals surface area contributed by atoms with Crippen molar-refractivity contribution in [2.45, 2.75) is 24.7 Å². The zero-order valence-corrected chi connectivity index (χ0v) is 28.3. The van der Waals surface area contributed by atoms with E-state index in [1.165, 1.54) is 66.8 Å². The second-order valence-electron chi connectivity index (χ2n) is 13.7. The third-order valence-electron chi connectivity index (χ3n) is 11.1. The van der Waals surface area contributed by atoms with Gasteiger partial charge in [-0.05, 0) is 117 Å². The summed E-state index contributed by atoms with van der Waals surface area (Å²) in [6.45, 7) is 0. The molecule has 0 fully saturated rings. The molecule has 4 aliphatic rings. The van der Waals surface area contributed by atoms with Crippen LogP contribution in [0, 0.1) is 11.8 Å². The summed E-state index contributed by atoms with van der Waals surface area (Å²) in [6.07, 6.45) is 16.0. The molecule has 0 amide bonds. The lowest BCUT2D eigenvalue weighted by Gasteiger charge is -2.32. The molecule has 0 unspecified atom stereocenters. The summed E-state index contributed by atoms with van der Waals surface area (Å²) in [6, 6.07) is 52.2. The molecule has 0 heterocycles. The number of allylic oxidation sites excluding steroid dienone is 8. The monoisotopic (exact) mass is 649 g/mol. The molecule has 1 heteroatoms. The van der Waals surface area contributed by atoms with Gasteiger partial charge in [-0.1, -0.05) is 145 Å². The van der Waals surface area contributed by atoms with Gasteiger partial charge in [0.15, 0.2) is 0 Å². The van der Waals surface area contributed by atoms with Gasteiger partial charge in [-0.2, -0.15) is 0 Å². The molecule has 0 N–H and O–H groups in total. The molecule has 1 nitrogen and oxygen atoms in total. The lowest BCUT2D eigenvalue weighted by atomic mass is 9.70. The SMILES string of the molecule is C1#CCC=C(c2ccccc2N(c2cccc(C3=CC=CCC3)c2)c2ccc3c(c2)-c2ccccc2C32c3ccccc3-c3ccccc32)C=C1. The van der Waals surface area contributed by atoms with E-state index in [0.29, 0.717) is 0 Å². The topological polar surface area (TPSA) is 3.24 Å². The van der Waals surface area contributed by atoms with Gasteiger partial charge in [-0.3, -0.25) is 0 Å². The number of benzene rings is 6. The highest BCUT2D eigenvalue weighted by Gasteiger charge is 2.51. The highest BCUT2D eigenvalue weighted by atomic mass is 15.1. The summed E-state index contributed by atoms with van der Waals surface area (Å²) >= 11 is 0. The van der Waals surface area contributed by atoms with Crippen LogP contribution in [0.4, 0.5) is 17.1 Å². The van der Waals surface area contributed by atoms with E-state index in [0.717, 1.165) is 36.3 Å². The summed E-state index contributed by atoms with van der Waals surface area (Å²) in [4.78, 5) is 2.46. The Kier molecular flexibility index (Phi) is 6.90. The Morgan fingerprint density at radius 1 is 0.569 bits per heavy atom. The fourth-order valence-electron chi connectivity index (χ4n) is 8.93. The van der Waals surface area contributed by atoms with E-state index in [4.69, 9.17) is 0 Å². The first-order valence-corrected chi connectivity index (χ1v) is 18.0. The fourth-order valence-corrected chi connectivity index (χ4v) is 8.93. The maximum atomic E-state index is 3.24. The molecular weight excluding hydrogens is 615 g/mol. The van der Waals surface area contributed by atoms with Crippen molar-refractivity contribution >= 4 is 28.2 Å². The van der Waals surface area contributed by atoms with Crippen molar-refractivity contribution in [3.8, 4) is 34.1 Å². The zero-order chi connectivity index (χ0) is 33.8. The van der Waals surface area contributed by atoms with Crippen LogP contribution in [0.5, 0.6) is 0 Å². The van der Waals surface area contributed by atoms with Crippen LogP contribution in [0.25, 0.3) is 33.4 Å². The van der Waals surface area contributed by atoms with Gasteiger partial charge in [0.25, 0.3) is 0 Å². The Hall–Kier alpha value is -6.36. The number of para-hydroxylation sites is 1. The summed E-state index contributed by atoms with van der Waals surface area (Å²) in [5.74, 6) is 6.41. The van der Waals surface area contributed by atoms with Gasteiger partial charge in [0.05, 0.1) is 11.1 Å². The number of hydrogen-bond acceptors (Lipinski definition) is 1. The fraction of sp³-hybridized carbons (Fsp3) is 0.0800. The van der Waals surface area contributed by atoms with Crippen molar-refractivity contribution in [2.75, 3.05) is 4.90 Å². The number of nitrogens with zero attached hydrogens (tertiary/aromatic N) is 1. The van der Waals surface area contributed by atoms with Crippen molar-refractivity contribution < 1.29 is 0 Å². The molecule has 0 bridgehead atoms. The normalized spacial score (nSPS) is 15.5. The van der Waals surface area contributed by atoms with Crippen LogP contribution in [0.2, 0.25) is 0 Å². The Balaban J connectivity index is 1.22. The van der Waals surface area contributed by atoms with Crippen LogP contribution in [-0.2, 0) is 5.41 Å². The summed E-state index contributed by atoms with van der Waals surface area (Å²) < 4.78 is 0. The summed E-state index contributed by atoms with van der Waals surface area (Å²) in [5.41, 5.74) is 18.7. The standard InChI is InChI=1S/C50H35N/c1-2-5-20-36(19-4-1)40-23-11-15-30-49(40)51(38-22-16-21-37(33-38)35-17-6-3-7-18-35)39-31-32-48-44(34-39)43-26-10-14-29-47(43)50(48)45-27-12-8-24-41(45)42-25-9-13-28-46(42)50/h3-4,6,8-17,19-34H,5,7,18H2. The molecule has 0 aromatic heterocycles. The molecule has 10 rings (SSSR count). The van der Waals surface area contributed by atoms with E-state index >= 15 is 0 Å². The van der Waals surface area contributed by atoms with E-state index in [-0.39, 0.29) is 5.41 Å². The van der Waals surface area contributed by atoms with Gasteiger partial charge in [0, 0.05) is 23.4 Å². The number of rotatable bonds is 5. The zero-order valence-electron chi connectivity index (χ0n) is 28.3. The first-order valence-electron chi connectivity index (χ1n) is 18.0. The largest absolute Gasteiger partial charge is 0.310 e. The minimum Gasteiger partial charge on any atom is -0.310 e. The van der Waals surface area contributed by atoms with Crippen molar-refractivity contribution in [3.63, 3.8) is 0 Å². The summed E-state index contributed by atoms with van der Waals surface area (Å²) in [5, 5.41) is 0. The minimum atomic E-state index is -0.364. The average molecular weight is 650 g/mol. The van der Waals surface area contributed by atoms with Crippen LogP contribution in [0.15, 0.2) is 176 Å². The molecule has 0 saturated heterocycles. The Bertz CT molecular complexity index is 2530. The highest BCUT2D eigenvalue weighted by Crippen LogP contribution is 2.63. The van der Waals surface area contributed by atoms with Crippen molar-refractivity contribution in [2.24, 2.45) is 0 Å². The lowest BCUT2D eigenvalue weighted by molar-refractivity contribution is 0.794. The van der Waals surface area contributed by atoms with Crippen LogP contribution in [0.3, 0.4) is 0 Å². The molecule has 240 valence electrons. The van der Waals surface area contributed by atoms with E-state index < -0.39 is 0 Å². The quantitative estimate of drug-likeness (QED) is 0.168. The minimum absolute atomic E-state index is 0.364. The van der Waals surface area contributed by atoms with Gasteiger partial charge < -0.3 is 4.90 Å². The Labute approximate surface area is 300 Å². The first kappa shape index (κ1) is 29.5. The van der Waals surface area contributed by atoms with Crippen LogP contribution < -0.4 is 4.90 Å². The summed E-state index contributed by atoms with van der Waals surface area (Å²) in [7, 11) is 0. The molecule has 4 aliphatic carbocycles. The number of anilines is 3. The van der Waals surface area contributed by atoms with Gasteiger partial charge in [0.2, 0.25) is 0 Å². The van der Waals surface area contributed by atoms with Gasteiger partial charge in [-0.25, -0.2) is 0 Å². The molecule has 1 spiro atoms. The smallest absolute Gasteiger partial charge is 0.0725 e. The average Bonchev–Trinajstić information content (AvgIpc) is 3.48. The molecule has 0 radical (unpaired) electrons. The molecular formula is C50H35N. The van der Waals surface area contributed by atoms with E-state index in [1.54, 1.807) is 0 Å². The third kappa shape index (κ3) is 4.50. The first-order chi connectivity index (χ1) is 25.3. The van der Waals surface area contributed by atoms with Crippen molar-refractivity contribution in [1.29, 1.82) is 0 Å². The predicted octanol–water partition coefficient (Wildman–Crippen LogP) is 12.6. The molecule has 0 saturated carbocycles. The molecule has 51 heavy (non-hydrogen) atoms. The van der Waals surface area contributed by atoms with Gasteiger partial charge >= 0.3 is 0 Å². The molecule has 0 aliphatic heterocycles. The maximum Gasteiger partial charge on any atom is 0.0725 e. The maximum absolute atomic E-state index is 3.24. The molecule has 0 atom stereocenters. The van der Waals surface area contributed by atoms with E-state index in [2.05, 4.69) is 187 Å². The van der Waals surface area contributed by atoms with E-state index in [1.807, 2.05) is 6.08 Å². The van der Waals surface area contributed by atoms with Crippen molar-refractivity contribution in [3.05, 3.63) is 209 Å². The van der Waals surface area contributed by atoms with Crippen LogP contribution >= 0.6 is 0 Å². The Morgan fingerprint density at radius 3 is 1.94 bits per heavy atom. The highest BCUT2D eigenvalue weighted by molar-refractivity contribution is 5.97. The number of hydrogen-bond donors (Lipinski definition) is 0. The predicted molar refractivity (Wildman–Crippen MR) is 213 cm³/mol. The van der Waals surface area contributed by atoms with Crippen LogP contribution in [0.1, 0.15) is 52.6 Å². The second-order valence-corrected chi connectivity index (χ2v) is 13.7. The lowest BCUT2D eigenvalue weighted by Crippen LogP contribution is -2.25. The van der Waals surface area contributed by atoms with Crippen LogP contribution in [-0.4, -0.2) is 0 Å². The van der Waals surface area contributed by atoms with Gasteiger partial charge in [0.1, 0.15) is 0 Å². The molecule has 6 aromatic rings. The third-order valence-corrected chi connectivity index (χ3v) is 11.1. The van der Waals surface area contributed by atoms with Gasteiger partial charge in [-0.15, -0.1) is 0 Å². The van der Waals surface area contributed by atoms with E-state index in [9.17, 15) is 0 Å². The Morgan fingerprint density at radius 2 is 1.22 bits per heavy atom. The second kappa shape index (κ2) is 11.9. The molecule has 6 aromatic carbocycles. The number of fused-ring (bicyclic) bond motifs is 10.